The van der Waals surface area contributed by atoms with Gasteiger partial charge in [0.25, 0.3) is 0 Å². The number of aromatic nitrogens is 4. The van der Waals surface area contributed by atoms with Crippen molar-refractivity contribution in [3.05, 3.63) is 54.4 Å². The molecule has 3 heterocycles. The van der Waals surface area contributed by atoms with Crippen LogP contribution < -0.4 is 11.2 Å². The molecule has 0 saturated carbocycles. The van der Waals surface area contributed by atoms with Gasteiger partial charge >= 0.3 is 0 Å². The number of benzene rings is 1. The number of carbonyl (C=O) groups excluding carboxylic acids is 1. The summed E-state index contributed by atoms with van der Waals surface area (Å²) in [5.41, 5.74) is 2.28. The van der Waals surface area contributed by atoms with E-state index in [9.17, 15) is 4.79 Å². The fourth-order valence-corrected chi connectivity index (χ4v) is 3.49. The van der Waals surface area contributed by atoms with Crippen LogP contribution in [0.1, 0.15) is 5.56 Å². The van der Waals surface area contributed by atoms with E-state index in [2.05, 4.69) is 26.6 Å². The number of nitrogen functional groups attached to an aromatic ring is 1. The molecule has 1 amide bonds. The number of amides is 1. The Morgan fingerprint density at radius 2 is 2.15 bits per heavy atom. The van der Waals surface area contributed by atoms with Gasteiger partial charge in [0.15, 0.2) is 5.76 Å². The first kappa shape index (κ1) is 17.2. The van der Waals surface area contributed by atoms with Crippen LogP contribution >= 0.6 is 11.8 Å². The van der Waals surface area contributed by atoms with Gasteiger partial charge < -0.3 is 20.6 Å². The number of H-pyrrole nitrogens is 1. The smallest absolute Gasteiger partial charge is 0.230 e. The summed E-state index contributed by atoms with van der Waals surface area (Å²) in [7, 11) is 0. The zero-order valence-electron chi connectivity index (χ0n) is 14.4. The Morgan fingerprint density at radius 1 is 1.26 bits per heavy atom. The van der Waals surface area contributed by atoms with Crippen molar-refractivity contribution in [2.24, 2.45) is 0 Å². The van der Waals surface area contributed by atoms with Gasteiger partial charge in [-0.1, -0.05) is 30.0 Å². The van der Waals surface area contributed by atoms with E-state index in [4.69, 9.17) is 10.3 Å². The number of thioether (sulfide) groups is 1. The zero-order chi connectivity index (χ0) is 18.6. The topological polar surface area (TPSA) is 115 Å². The van der Waals surface area contributed by atoms with Crippen molar-refractivity contribution in [3.8, 4) is 11.6 Å². The summed E-state index contributed by atoms with van der Waals surface area (Å²) in [6.45, 7) is 0.564. The standard InChI is InChI=1S/C18H18N6O2S/c19-24-17(15-6-3-9-26-15)22-23-18(24)27-11-16(25)20-8-7-12-10-21-14-5-2-1-4-13(12)14/h1-6,9-10,21H,7-8,11,19H2,(H,20,25). The monoisotopic (exact) mass is 382 g/mol. The second kappa shape index (κ2) is 7.58. The number of fused-ring (bicyclic) bond motifs is 1. The minimum absolute atomic E-state index is 0.0811. The van der Waals surface area contributed by atoms with Gasteiger partial charge in [-0.3, -0.25) is 4.79 Å². The molecule has 3 aromatic heterocycles. The second-order valence-electron chi connectivity index (χ2n) is 5.90. The Kier molecular flexibility index (Phi) is 4.84. The Bertz CT molecular complexity index is 1050. The lowest BCUT2D eigenvalue weighted by atomic mass is 10.1. The third-order valence-corrected chi connectivity index (χ3v) is 5.07. The van der Waals surface area contributed by atoms with Crippen molar-refractivity contribution in [2.45, 2.75) is 11.6 Å². The van der Waals surface area contributed by atoms with E-state index in [-0.39, 0.29) is 11.7 Å². The lowest BCUT2D eigenvalue weighted by Crippen LogP contribution is -2.27. The van der Waals surface area contributed by atoms with Gasteiger partial charge in [0.1, 0.15) is 0 Å². The average molecular weight is 382 g/mol. The molecule has 0 fully saturated rings. The molecule has 4 N–H and O–H groups in total. The van der Waals surface area contributed by atoms with Gasteiger partial charge in [0.2, 0.25) is 16.9 Å². The lowest BCUT2D eigenvalue weighted by Gasteiger charge is -2.05. The van der Waals surface area contributed by atoms with E-state index in [0.29, 0.717) is 23.3 Å². The summed E-state index contributed by atoms with van der Waals surface area (Å²) in [5, 5.41) is 12.6. The van der Waals surface area contributed by atoms with Crippen LogP contribution in [0.15, 0.2) is 58.4 Å². The van der Waals surface area contributed by atoms with Crippen LogP contribution in [-0.2, 0) is 11.2 Å². The van der Waals surface area contributed by atoms with E-state index in [1.165, 1.54) is 33.7 Å². The molecule has 0 aliphatic carbocycles. The maximum atomic E-state index is 12.1. The Balaban J connectivity index is 1.28. The van der Waals surface area contributed by atoms with Gasteiger partial charge in [0, 0.05) is 23.6 Å². The Labute approximate surface area is 159 Å². The third kappa shape index (κ3) is 3.68. The number of hydrogen-bond acceptors (Lipinski definition) is 6. The maximum absolute atomic E-state index is 12.1. The number of nitrogens with two attached hydrogens (primary N) is 1. The van der Waals surface area contributed by atoms with Crippen molar-refractivity contribution >= 4 is 28.6 Å². The number of carbonyl (C=O) groups is 1. The van der Waals surface area contributed by atoms with Gasteiger partial charge in [-0.2, -0.15) is 0 Å². The molecule has 4 aromatic rings. The number of rotatable bonds is 7. The molecular weight excluding hydrogens is 364 g/mol. The summed E-state index contributed by atoms with van der Waals surface area (Å²) in [4.78, 5) is 15.3. The highest BCUT2D eigenvalue weighted by Gasteiger charge is 2.15. The van der Waals surface area contributed by atoms with Crippen LogP contribution in [0.2, 0.25) is 0 Å². The van der Waals surface area contributed by atoms with Crippen molar-refractivity contribution in [1.29, 1.82) is 0 Å². The second-order valence-corrected chi connectivity index (χ2v) is 6.84. The molecule has 138 valence electrons. The summed E-state index contributed by atoms with van der Waals surface area (Å²) < 4.78 is 6.59. The molecule has 0 aliphatic rings. The Morgan fingerprint density at radius 3 is 3.00 bits per heavy atom. The van der Waals surface area contributed by atoms with Gasteiger partial charge in [-0.05, 0) is 30.2 Å². The maximum Gasteiger partial charge on any atom is 0.230 e. The van der Waals surface area contributed by atoms with Crippen LogP contribution in [0.25, 0.3) is 22.5 Å². The molecule has 0 aliphatic heterocycles. The molecule has 0 saturated heterocycles. The van der Waals surface area contributed by atoms with Crippen molar-refractivity contribution in [2.75, 3.05) is 18.1 Å². The predicted molar refractivity (Wildman–Crippen MR) is 104 cm³/mol. The molecule has 0 bridgehead atoms. The first-order valence-corrected chi connectivity index (χ1v) is 9.40. The quantitative estimate of drug-likeness (QED) is 0.333. The molecule has 0 spiro atoms. The van der Waals surface area contributed by atoms with Crippen LogP contribution in [0, 0.1) is 0 Å². The molecule has 0 atom stereocenters. The van der Waals surface area contributed by atoms with Crippen LogP contribution in [0.4, 0.5) is 0 Å². The summed E-state index contributed by atoms with van der Waals surface area (Å²) >= 11 is 1.23. The highest BCUT2D eigenvalue weighted by Crippen LogP contribution is 2.21. The fraction of sp³-hybridized carbons (Fsp3) is 0.167. The van der Waals surface area contributed by atoms with Crippen LogP contribution in [0.5, 0.6) is 0 Å². The summed E-state index contributed by atoms with van der Waals surface area (Å²) in [6, 6.07) is 11.6. The number of nitrogens with one attached hydrogen (secondary N) is 2. The average Bonchev–Trinajstić information content (AvgIpc) is 3.41. The van der Waals surface area contributed by atoms with Gasteiger partial charge in [-0.25, -0.2) is 4.68 Å². The van der Waals surface area contributed by atoms with Gasteiger partial charge in [-0.15, -0.1) is 10.2 Å². The molecular formula is C18H18N6O2S. The minimum atomic E-state index is -0.0811. The van der Waals surface area contributed by atoms with Crippen LogP contribution in [0.3, 0.4) is 0 Å². The lowest BCUT2D eigenvalue weighted by molar-refractivity contribution is -0.118. The predicted octanol–water partition coefficient (Wildman–Crippen LogP) is 2.18. The molecule has 27 heavy (non-hydrogen) atoms. The summed E-state index contributed by atoms with van der Waals surface area (Å²) in [6.07, 6.45) is 4.28. The number of nitrogens with zero attached hydrogens (tertiary/aromatic N) is 3. The molecule has 8 nitrogen and oxygen atoms in total. The normalized spacial score (nSPS) is 11.1. The molecule has 0 radical (unpaired) electrons. The third-order valence-electron chi connectivity index (χ3n) is 4.13. The number of aromatic amines is 1. The molecule has 1 aromatic carbocycles. The number of furan rings is 1. The van der Waals surface area contributed by atoms with E-state index in [1.54, 1.807) is 12.1 Å². The highest BCUT2D eigenvalue weighted by molar-refractivity contribution is 7.99. The highest BCUT2D eigenvalue weighted by atomic mass is 32.2. The zero-order valence-corrected chi connectivity index (χ0v) is 15.2. The molecule has 4 rings (SSSR count). The fourth-order valence-electron chi connectivity index (χ4n) is 2.81. The number of para-hydroxylation sites is 1. The SMILES string of the molecule is Nn1c(SCC(=O)NCCc2c[nH]c3ccccc23)nnc1-c1ccco1. The van der Waals surface area contributed by atoms with Crippen molar-refractivity contribution < 1.29 is 9.21 Å². The van der Waals surface area contributed by atoms with E-state index in [1.807, 2.05) is 24.4 Å². The Hall–Kier alpha value is -3.20. The first-order chi connectivity index (χ1) is 13.2. The van der Waals surface area contributed by atoms with E-state index in [0.717, 1.165) is 11.9 Å². The summed E-state index contributed by atoms with van der Waals surface area (Å²) in [5.74, 6) is 7.05. The van der Waals surface area contributed by atoms with Crippen molar-refractivity contribution in [1.82, 2.24) is 25.2 Å². The molecule has 0 unspecified atom stereocenters. The first-order valence-electron chi connectivity index (χ1n) is 8.41. The van der Waals surface area contributed by atoms with E-state index < -0.39 is 0 Å². The van der Waals surface area contributed by atoms with Gasteiger partial charge in [0.05, 0.1) is 12.0 Å². The minimum Gasteiger partial charge on any atom is -0.461 e. The van der Waals surface area contributed by atoms with Crippen molar-refractivity contribution in [3.63, 3.8) is 0 Å². The van der Waals surface area contributed by atoms with E-state index >= 15 is 0 Å². The largest absolute Gasteiger partial charge is 0.461 e. The van der Waals surface area contributed by atoms with Crippen LogP contribution in [-0.4, -0.2) is 38.1 Å². The molecule has 9 heteroatoms. The number of hydrogen-bond donors (Lipinski definition) is 3.